The number of aliphatic hydroxyl groups is 1. The summed E-state index contributed by atoms with van der Waals surface area (Å²) in [6.07, 6.45) is -0.616. The van der Waals surface area contributed by atoms with Gasteiger partial charge in [0.2, 0.25) is 0 Å². The van der Waals surface area contributed by atoms with Crippen LogP contribution in [0.5, 0.6) is 0 Å². The summed E-state index contributed by atoms with van der Waals surface area (Å²) >= 11 is 0. The van der Waals surface area contributed by atoms with Crippen molar-refractivity contribution < 1.29 is 19.5 Å². The summed E-state index contributed by atoms with van der Waals surface area (Å²) in [6, 6.07) is 20.3. The minimum atomic E-state index is -0.465. The van der Waals surface area contributed by atoms with Crippen LogP contribution in [0.2, 0.25) is 0 Å². The minimum absolute atomic E-state index is 0.151. The fourth-order valence-corrected chi connectivity index (χ4v) is 3.10. The molecule has 0 aromatic heterocycles. The molecule has 1 saturated heterocycles. The summed E-state index contributed by atoms with van der Waals surface area (Å²) in [5.41, 5.74) is 2.21. The molecule has 1 atom stereocenters. The molecular formula is C20H26NO3+. The Balaban J connectivity index is 1.62. The molecule has 24 heavy (non-hydrogen) atoms. The maximum absolute atomic E-state index is 10.4. The zero-order valence-electron chi connectivity index (χ0n) is 13.9. The zero-order valence-corrected chi connectivity index (χ0v) is 13.9. The first kappa shape index (κ1) is 17.1. The molecule has 4 nitrogen and oxygen atoms in total. The molecule has 3 rings (SSSR count). The summed E-state index contributed by atoms with van der Waals surface area (Å²) in [6.45, 7) is 4.51. The van der Waals surface area contributed by atoms with Crippen molar-refractivity contribution in [3.8, 4) is 0 Å². The Morgan fingerprint density at radius 3 is 2.00 bits per heavy atom. The topological polar surface area (TPSA) is 43.1 Å². The second-order valence-corrected chi connectivity index (χ2v) is 6.26. The maximum atomic E-state index is 10.4. The van der Waals surface area contributed by atoms with Gasteiger partial charge in [0, 0.05) is 0 Å². The summed E-state index contributed by atoms with van der Waals surface area (Å²) in [5.74, 6) is 0. The Bertz CT molecular complexity index is 545. The first-order chi connectivity index (χ1) is 11.8. The van der Waals surface area contributed by atoms with Crippen LogP contribution in [-0.4, -0.2) is 50.7 Å². The average Bonchev–Trinajstić information content (AvgIpc) is 2.64. The largest absolute Gasteiger partial charge is 0.385 e. The van der Waals surface area contributed by atoms with Gasteiger partial charge < -0.3 is 19.5 Å². The number of quaternary nitrogens is 1. The summed E-state index contributed by atoms with van der Waals surface area (Å²) in [4.78, 5) is 1.38. The molecule has 128 valence electrons. The lowest BCUT2D eigenvalue weighted by Crippen LogP contribution is -3.15. The standard InChI is InChI=1S/C20H25NO3/c22-19(15-21-11-13-23-14-12-21)16-24-20(17-7-3-1-4-8-17)18-9-5-2-6-10-18/h1-10,19-20,22H,11-16H2/p+1/t19-/m1/s1. The molecule has 4 heteroatoms. The van der Waals surface area contributed by atoms with Crippen LogP contribution in [0, 0.1) is 0 Å². The Hall–Kier alpha value is -1.72. The van der Waals surface area contributed by atoms with Gasteiger partial charge in [0.25, 0.3) is 0 Å². The van der Waals surface area contributed by atoms with Crippen LogP contribution in [-0.2, 0) is 9.47 Å². The van der Waals surface area contributed by atoms with Crippen molar-refractivity contribution in [3.05, 3.63) is 71.8 Å². The fourth-order valence-electron chi connectivity index (χ4n) is 3.10. The highest BCUT2D eigenvalue weighted by atomic mass is 16.5. The number of hydrogen-bond acceptors (Lipinski definition) is 3. The number of ether oxygens (including phenoxy) is 2. The van der Waals surface area contributed by atoms with Crippen LogP contribution in [0.25, 0.3) is 0 Å². The summed E-state index contributed by atoms with van der Waals surface area (Å²) in [7, 11) is 0. The minimum Gasteiger partial charge on any atom is -0.385 e. The van der Waals surface area contributed by atoms with E-state index < -0.39 is 6.10 Å². The maximum Gasteiger partial charge on any atom is 0.126 e. The van der Waals surface area contributed by atoms with Crippen molar-refractivity contribution in [2.24, 2.45) is 0 Å². The van der Waals surface area contributed by atoms with Gasteiger partial charge in [-0.2, -0.15) is 0 Å². The molecule has 1 aliphatic rings. The van der Waals surface area contributed by atoms with E-state index in [1.807, 2.05) is 36.4 Å². The van der Waals surface area contributed by atoms with Crippen molar-refractivity contribution in [1.82, 2.24) is 0 Å². The fraction of sp³-hybridized carbons (Fsp3) is 0.400. The van der Waals surface area contributed by atoms with Crippen LogP contribution in [0.4, 0.5) is 0 Å². The molecule has 0 bridgehead atoms. The average molecular weight is 328 g/mol. The second-order valence-electron chi connectivity index (χ2n) is 6.26. The second kappa shape index (κ2) is 8.94. The van der Waals surface area contributed by atoms with Crippen molar-refractivity contribution in [2.45, 2.75) is 12.2 Å². The normalized spacial score (nSPS) is 17.1. The number of morpholine rings is 1. The van der Waals surface area contributed by atoms with E-state index >= 15 is 0 Å². The van der Waals surface area contributed by atoms with Gasteiger partial charge in [0.1, 0.15) is 31.8 Å². The monoisotopic (exact) mass is 328 g/mol. The molecule has 0 saturated carbocycles. The SMILES string of the molecule is O[C@@H](COC(c1ccccc1)c1ccccc1)C[NH+]1CCOCC1. The molecule has 0 amide bonds. The molecular weight excluding hydrogens is 302 g/mol. The van der Waals surface area contributed by atoms with Crippen molar-refractivity contribution in [2.75, 3.05) is 39.5 Å². The van der Waals surface area contributed by atoms with E-state index in [1.165, 1.54) is 4.90 Å². The van der Waals surface area contributed by atoms with E-state index in [1.54, 1.807) is 0 Å². The number of hydrogen-bond donors (Lipinski definition) is 2. The van der Waals surface area contributed by atoms with E-state index in [9.17, 15) is 5.11 Å². The predicted octanol–water partition coefficient (Wildman–Crippen LogP) is 1.07. The van der Waals surface area contributed by atoms with Crippen LogP contribution in [0.15, 0.2) is 60.7 Å². The number of benzene rings is 2. The predicted molar refractivity (Wildman–Crippen MR) is 93.1 cm³/mol. The highest BCUT2D eigenvalue weighted by Crippen LogP contribution is 2.25. The molecule has 2 aromatic rings. The van der Waals surface area contributed by atoms with Crippen molar-refractivity contribution in [3.63, 3.8) is 0 Å². The lowest BCUT2D eigenvalue weighted by Gasteiger charge is -2.27. The third-order valence-electron chi connectivity index (χ3n) is 4.38. The molecule has 0 aliphatic carbocycles. The Kier molecular flexibility index (Phi) is 6.38. The van der Waals surface area contributed by atoms with Crippen LogP contribution in [0.3, 0.4) is 0 Å². The third kappa shape index (κ3) is 4.89. The van der Waals surface area contributed by atoms with Crippen LogP contribution >= 0.6 is 0 Å². The summed E-state index contributed by atoms with van der Waals surface area (Å²) < 4.78 is 11.5. The Morgan fingerprint density at radius 1 is 0.917 bits per heavy atom. The van der Waals surface area contributed by atoms with Gasteiger partial charge in [0.05, 0.1) is 19.8 Å². The molecule has 2 aromatic carbocycles. The van der Waals surface area contributed by atoms with Gasteiger partial charge in [-0.25, -0.2) is 0 Å². The summed E-state index contributed by atoms with van der Waals surface area (Å²) in [5, 5.41) is 10.4. The van der Waals surface area contributed by atoms with Crippen molar-refractivity contribution >= 4 is 0 Å². The Morgan fingerprint density at radius 2 is 1.46 bits per heavy atom. The number of nitrogens with one attached hydrogen (secondary N) is 1. The quantitative estimate of drug-likeness (QED) is 0.799. The van der Waals surface area contributed by atoms with E-state index in [0.29, 0.717) is 13.2 Å². The molecule has 0 unspecified atom stereocenters. The van der Waals surface area contributed by atoms with E-state index in [4.69, 9.17) is 9.47 Å². The van der Waals surface area contributed by atoms with Gasteiger partial charge in [0.15, 0.2) is 0 Å². The van der Waals surface area contributed by atoms with E-state index in [-0.39, 0.29) is 6.10 Å². The first-order valence-corrected chi connectivity index (χ1v) is 8.64. The molecule has 1 aliphatic heterocycles. The number of rotatable bonds is 7. The molecule has 1 fully saturated rings. The number of aliphatic hydroxyl groups excluding tert-OH is 1. The van der Waals surface area contributed by atoms with Gasteiger partial charge in [-0.05, 0) is 11.1 Å². The highest BCUT2D eigenvalue weighted by Gasteiger charge is 2.21. The highest BCUT2D eigenvalue weighted by molar-refractivity contribution is 5.29. The molecule has 0 spiro atoms. The van der Waals surface area contributed by atoms with Gasteiger partial charge >= 0.3 is 0 Å². The third-order valence-corrected chi connectivity index (χ3v) is 4.38. The lowest BCUT2D eigenvalue weighted by molar-refractivity contribution is -0.911. The van der Waals surface area contributed by atoms with Crippen LogP contribution < -0.4 is 4.90 Å². The van der Waals surface area contributed by atoms with Crippen LogP contribution in [0.1, 0.15) is 17.2 Å². The molecule has 2 N–H and O–H groups in total. The van der Waals surface area contributed by atoms with Gasteiger partial charge in [-0.1, -0.05) is 60.7 Å². The smallest absolute Gasteiger partial charge is 0.126 e. The van der Waals surface area contributed by atoms with Crippen molar-refractivity contribution in [1.29, 1.82) is 0 Å². The zero-order chi connectivity index (χ0) is 16.6. The Labute approximate surface area is 143 Å². The van der Waals surface area contributed by atoms with E-state index in [0.717, 1.165) is 37.4 Å². The molecule has 1 heterocycles. The first-order valence-electron chi connectivity index (χ1n) is 8.64. The lowest BCUT2D eigenvalue weighted by atomic mass is 10.0. The van der Waals surface area contributed by atoms with Gasteiger partial charge in [-0.3, -0.25) is 0 Å². The van der Waals surface area contributed by atoms with E-state index in [2.05, 4.69) is 24.3 Å². The molecule has 0 radical (unpaired) electrons. The van der Waals surface area contributed by atoms with Gasteiger partial charge in [-0.15, -0.1) is 0 Å².